The quantitative estimate of drug-likeness (QED) is 0.243. The number of aliphatic imine (C=N–C) groups is 1. The van der Waals surface area contributed by atoms with E-state index < -0.39 is 22.2 Å². The number of nitrogens with zero attached hydrogens (tertiary/aromatic N) is 3. The Hall–Kier alpha value is -0.340. The number of rotatable bonds is 6. The molecular formula is C13H27F3IN5O2S. The molecule has 1 aliphatic rings. The molecule has 1 saturated heterocycles. The Bertz CT molecular complexity index is 522. The minimum atomic E-state index is -4.22. The maximum Gasteiger partial charge on any atom is 0.403 e. The Balaban J connectivity index is 0.00000576. The lowest BCUT2D eigenvalue weighted by atomic mass is 10.2. The Morgan fingerprint density at radius 3 is 2.24 bits per heavy atom. The molecule has 1 fully saturated rings. The number of sulfonamides is 1. The Kier molecular flexibility index (Phi) is 10.6. The molecule has 1 rings (SSSR count). The van der Waals surface area contributed by atoms with Crippen molar-refractivity contribution in [2.24, 2.45) is 4.99 Å². The minimum absolute atomic E-state index is 0. The predicted octanol–water partition coefficient (Wildman–Crippen LogP) is 0.688. The number of piperazine rings is 1. The van der Waals surface area contributed by atoms with E-state index >= 15 is 0 Å². The highest BCUT2D eigenvalue weighted by atomic mass is 127. The molecule has 150 valence electrons. The van der Waals surface area contributed by atoms with E-state index in [0.717, 1.165) is 6.26 Å². The van der Waals surface area contributed by atoms with Gasteiger partial charge in [0.15, 0.2) is 5.96 Å². The predicted molar refractivity (Wildman–Crippen MR) is 103 cm³/mol. The molecule has 0 radical (unpaired) electrons. The summed E-state index contributed by atoms with van der Waals surface area (Å²) in [7, 11) is -3.26. The molecule has 12 heteroatoms. The maximum absolute atomic E-state index is 12.8. The molecule has 2 N–H and O–H groups in total. The normalized spacial score (nSPS) is 18.6. The molecule has 1 atom stereocenters. The van der Waals surface area contributed by atoms with Crippen LogP contribution in [0.5, 0.6) is 0 Å². The van der Waals surface area contributed by atoms with Gasteiger partial charge < -0.3 is 10.2 Å². The minimum Gasteiger partial charge on any atom is -0.357 e. The lowest BCUT2D eigenvalue weighted by Crippen LogP contribution is -2.56. The lowest BCUT2D eigenvalue weighted by Gasteiger charge is -2.39. The van der Waals surface area contributed by atoms with Crippen LogP contribution in [-0.2, 0) is 10.0 Å². The Morgan fingerprint density at radius 1 is 1.24 bits per heavy atom. The zero-order chi connectivity index (χ0) is 18.4. The first kappa shape index (κ1) is 24.7. The molecule has 1 unspecified atom stereocenters. The van der Waals surface area contributed by atoms with E-state index in [-0.39, 0.29) is 37.1 Å². The number of hydrogen-bond donors (Lipinski definition) is 2. The molecule has 0 aromatic rings. The van der Waals surface area contributed by atoms with Crippen LogP contribution in [-0.4, -0.2) is 88.5 Å². The van der Waals surface area contributed by atoms with Gasteiger partial charge in [-0.25, -0.2) is 13.1 Å². The average Bonchev–Trinajstić information content (AvgIpc) is 2.48. The monoisotopic (exact) mass is 501 g/mol. The van der Waals surface area contributed by atoms with Crippen molar-refractivity contribution in [2.45, 2.75) is 26.1 Å². The van der Waals surface area contributed by atoms with Gasteiger partial charge in [0.25, 0.3) is 0 Å². The van der Waals surface area contributed by atoms with Gasteiger partial charge in [-0.2, -0.15) is 13.2 Å². The van der Waals surface area contributed by atoms with Crippen LogP contribution in [0.1, 0.15) is 13.8 Å². The van der Waals surface area contributed by atoms with Gasteiger partial charge in [0.05, 0.1) is 12.8 Å². The van der Waals surface area contributed by atoms with Crippen LogP contribution >= 0.6 is 24.0 Å². The number of guanidine groups is 1. The third-order valence-corrected chi connectivity index (χ3v) is 4.44. The van der Waals surface area contributed by atoms with Gasteiger partial charge >= 0.3 is 6.18 Å². The highest BCUT2D eigenvalue weighted by molar-refractivity contribution is 14.0. The van der Waals surface area contributed by atoms with Gasteiger partial charge in [0, 0.05) is 39.3 Å². The van der Waals surface area contributed by atoms with Crippen LogP contribution in [0, 0.1) is 0 Å². The molecular weight excluding hydrogens is 474 g/mol. The largest absolute Gasteiger partial charge is 0.403 e. The topological polar surface area (TPSA) is 77.0 Å². The summed E-state index contributed by atoms with van der Waals surface area (Å²) in [6, 6.07) is -1.46. The third kappa shape index (κ3) is 9.24. The summed E-state index contributed by atoms with van der Waals surface area (Å²) in [4.78, 5) is 7.62. The molecule has 7 nitrogen and oxygen atoms in total. The first-order chi connectivity index (χ1) is 11.0. The second kappa shape index (κ2) is 10.7. The van der Waals surface area contributed by atoms with E-state index in [2.05, 4.69) is 15.0 Å². The zero-order valence-electron chi connectivity index (χ0n) is 14.6. The number of nitrogens with one attached hydrogen (secondary N) is 2. The summed E-state index contributed by atoms with van der Waals surface area (Å²) < 4.78 is 62.6. The van der Waals surface area contributed by atoms with Crippen LogP contribution in [0.25, 0.3) is 0 Å². The number of hydrogen-bond acceptors (Lipinski definition) is 4. The van der Waals surface area contributed by atoms with Crippen molar-refractivity contribution in [1.29, 1.82) is 0 Å². The van der Waals surface area contributed by atoms with Gasteiger partial charge in [-0.15, -0.1) is 24.0 Å². The maximum atomic E-state index is 12.8. The van der Waals surface area contributed by atoms with E-state index in [4.69, 9.17) is 0 Å². The van der Waals surface area contributed by atoms with E-state index in [9.17, 15) is 21.6 Å². The highest BCUT2D eigenvalue weighted by Crippen LogP contribution is 2.25. The van der Waals surface area contributed by atoms with E-state index in [1.165, 1.54) is 11.8 Å². The van der Waals surface area contributed by atoms with Crippen molar-refractivity contribution in [3.8, 4) is 0 Å². The highest BCUT2D eigenvalue weighted by Gasteiger charge is 2.41. The molecule has 0 bridgehead atoms. The van der Waals surface area contributed by atoms with Crippen LogP contribution < -0.4 is 10.0 Å². The summed E-state index contributed by atoms with van der Waals surface area (Å²) in [6.07, 6.45) is -3.15. The molecule has 0 aliphatic carbocycles. The lowest BCUT2D eigenvalue weighted by molar-refractivity contribution is -0.181. The van der Waals surface area contributed by atoms with Gasteiger partial charge in [0.1, 0.15) is 6.04 Å². The summed E-state index contributed by atoms with van der Waals surface area (Å²) >= 11 is 0. The summed E-state index contributed by atoms with van der Waals surface area (Å²) in [6.45, 7) is 5.60. The SMILES string of the molecule is CCNC(=NCCNS(C)(=O)=O)N1CCN(C(C)C(F)(F)F)CC1.I. The molecule has 0 saturated carbocycles. The molecule has 1 aliphatic heterocycles. The van der Waals surface area contributed by atoms with Gasteiger partial charge in [-0.1, -0.05) is 0 Å². The summed E-state index contributed by atoms with van der Waals surface area (Å²) in [5.41, 5.74) is 0. The molecule has 0 aromatic heterocycles. The van der Waals surface area contributed by atoms with Gasteiger partial charge in [0.2, 0.25) is 10.0 Å². The van der Waals surface area contributed by atoms with Gasteiger partial charge in [-0.3, -0.25) is 9.89 Å². The second-order valence-corrected chi connectivity index (χ2v) is 7.48. The Morgan fingerprint density at radius 2 is 1.80 bits per heavy atom. The van der Waals surface area contributed by atoms with Crippen molar-refractivity contribution < 1.29 is 21.6 Å². The average molecular weight is 501 g/mol. The van der Waals surface area contributed by atoms with E-state index in [1.54, 1.807) is 0 Å². The third-order valence-electron chi connectivity index (χ3n) is 3.71. The molecule has 25 heavy (non-hydrogen) atoms. The number of alkyl halides is 3. The second-order valence-electron chi connectivity index (χ2n) is 5.64. The van der Waals surface area contributed by atoms with Crippen molar-refractivity contribution in [3.05, 3.63) is 0 Å². The van der Waals surface area contributed by atoms with Crippen molar-refractivity contribution in [3.63, 3.8) is 0 Å². The molecule has 1 heterocycles. The van der Waals surface area contributed by atoms with Crippen LogP contribution in [0.3, 0.4) is 0 Å². The summed E-state index contributed by atoms with van der Waals surface area (Å²) in [5.74, 6) is 0.590. The molecule has 0 amide bonds. The van der Waals surface area contributed by atoms with Crippen molar-refractivity contribution >= 4 is 40.0 Å². The molecule has 0 spiro atoms. The van der Waals surface area contributed by atoms with E-state index in [1.807, 2.05) is 11.8 Å². The number of halogens is 4. The standard InChI is InChI=1S/C13H26F3N5O2S.HI/c1-4-17-12(18-5-6-19-24(3,22)23)21-9-7-20(8-10-21)11(2)13(14,15)16;/h11,19H,4-10H2,1-3H3,(H,17,18);1H. The fourth-order valence-electron chi connectivity index (χ4n) is 2.35. The fourth-order valence-corrected chi connectivity index (χ4v) is 2.81. The van der Waals surface area contributed by atoms with Crippen LogP contribution in [0.2, 0.25) is 0 Å². The van der Waals surface area contributed by atoms with Crippen molar-refractivity contribution in [1.82, 2.24) is 19.8 Å². The first-order valence-corrected chi connectivity index (χ1v) is 9.72. The summed E-state index contributed by atoms with van der Waals surface area (Å²) in [5, 5.41) is 3.08. The smallest absolute Gasteiger partial charge is 0.357 e. The van der Waals surface area contributed by atoms with Gasteiger partial charge in [-0.05, 0) is 13.8 Å². The first-order valence-electron chi connectivity index (χ1n) is 7.83. The fraction of sp³-hybridized carbons (Fsp3) is 0.923. The van der Waals surface area contributed by atoms with Crippen LogP contribution in [0.15, 0.2) is 4.99 Å². The Labute approximate surface area is 164 Å². The van der Waals surface area contributed by atoms with Crippen molar-refractivity contribution in [2.75, 3.05) is 52.1 Å². The zero-order valence-corrected chi connectivity index (χ0v) is 17.8. The van der Waals surface area contributed by atoms with Crippen LogP contribution in [0.4, 0.5) is 13.2 Å². The van der Waals surface area contributed by atoms with E-state index in [0.29, 0.717) is 38.7 Å². The molecule has 0 aromatic carbocycles.